The lowest BCUT2D eigenvalue weighted by Gasteiger charge is -2.14. The van der Waals surface area contributed by atoms with Crippen molar-refractivity contribution in [1.82, 2.24) is 25.5 Å². The number of aromatic nitrogens is 4. The lowest BCUT2D eigenvalue weighted by molar-refractivity contribution is -0.122. The van der Waals surface area contributed by atoms with Crippen LogP contribution >= 0.6 is 15.9 Å². The van der Waals surface area contributed by atoms with E-state index >= 15 is 0 Å². The molecular formula is C16H22BrN5O. The Labute approximate surface area is 144 Å². The fourth-order valence-corrected chi connectivity index (χ4v) is 2.39. The highest BCUT2D eigenvalue weighted by atomic mass is 79.9. The van der Waals surface area contributed by atoms with Crippen molar-refractivity contribution in [3.63, 3.8) is 0 Å². The number of hydrogen-bond donors (Lipinski definition) is 1. The van der Waals surface area contributed by atoms with Crippen molar-refractivity contribution in [2.75, 3.05) is 0 Å². The summed E-state index contributed by atoms with van der Waals surface area (Å²) < 4.78 is 0.989. The highest BCUT2D eigenvalue weighted by molar-refractivity contribution is 9.10. The van der Waals surface area contributed by atoms with E-state index in [4.69, 9.17) is 0 Å². The average molecular weight is 380 g/mol. The van der Waals surface area contributed by atoms with Gasteiger partial charge in [-0.15, -0.1) is 10.2 Å². The van der Waals surface area contributed by atoms with Crippen LogP contribution in [0, 0.1) is 5.92 Å². The van der Waals surface area contributed by atoms with Gasteiger partial charge in [-0.1, -0.05) is 29.8 Å². The van der Waals surface area contributed by atoms with Gasteiger partial charge in [-0.3, -0.25) is 4.79 Å². The van der Waals surface area contributed by atoms with E-state index in [2.05, 4.69) is 50.5 Å². The first-order chi connectivity index (χ1) is 10.9. The van der Waals surface area contributed by atoms with Crippen molar-refractivity contribution in [3.05, 3.63) is 28.7 Å². The lowest BCUT2D eigenvalue weighted by atomic mass is 10.0. The van der Waals surface area contributed by atoms with Crippen LogP contribution in [-0.2, 0) is 11.3 Å². The van der Waals surface area contributed by atoms with Gasteiger partial charge in [0.05, 0.1) is 0 Å². The topological polar surface area (TPSA) is 72.7 Å². The Balaban J connectivity index is 1.88. The minimum Gasteiger partial charge on any atom is -0.352 e. The number of nitrogens with zero attached hydrogens (tertiary/aromatic N) is 4. The second kappa shape index (κ2) is 8.19. The zero-order valence-electron chi connectivity index (χ0n) is 13.7. The molecule has 0 radical (unpaired) electrons. The first-order valence-corrected chi connectivity index (χ1v) is 8.56. The van der Waals surface area contributed by atoms with Crippen molar-refractivity contribution in [2.45, 2.75) is 46.2 Å². The van der Waals surface area contributed by atoms with Crippen molar-refractivity contribution in [3.8, 4) is 11.4 Å². The smallest absolute Gasteiger partial charge is 0.243 e. The molecule has 0 saturated carbocycles. The summed E-state index contributed by atoms with van der Waals surface area (Å²) in [5, 5.41) is 15.2. The minimum absolute atomic E-state index is 0.0789. The zero-order chi connectivity index (χ0) is 16.8. The van der Waals surface area contributed by atoms with Crippen LogP contribution in [0.25, 0.3) is 11.4 Å². The van der Waals surface area contributed by atoms with Gasteiger partial charge in [0.25, 0.3) is 0 Å². The van der Waals surface area contributed by atoms with Crippen LogP contribution < -0.4 is 5.32 Å². The minimum atomic E-state index is -0.0963. The Kier molecular flexibility index (Phi) is 6.27. The van der Waals surface area contributed by atoms with Crippen molar-refractivity contribution < 1.29 is 4.79 Å². The van der Waals surface area contributed by atoms with Gasteiger partial charge in [0.15, 0.2) is 0 Å². The summed E-state index contributed by atoms with van der Waals surface area (Å²) in [5.74, 6) is 1.05. The Bertz CT molecular complexity index is 638. The highest BCUT2D eigenvalue weighted by Crippen LogP contribution is 2.17. The molecule has 23 heavy (non-hydrogen) atoms. The number of nitrogens with one attached hydrogen (secondary N) is 1. The predicted molar refractivity (Wildman–Crippen MR) is 92.6 cm³/mol. The van der Waals surface area contributed by atoms with Gasteiger partial charge < -0.3 is 5.32 Å². The average Bonchev–Trinajstić information content (AvgIpc) is 2.94. The van der Waals surface area contributed by atoms with Crippen LogP contribution in [0.3, 0.4) is 0 Å². The van der Waals surface area contributed by atoms with Crippen LogP contribution in [0.1, 0.15) is 33.6 Å². The number of carbonyl (C=O) groups excluding carboxylic acids is 1. The first-order valence-electron chi connectivity index (χ1n) is 7.77. The summed E-state index contributed by atoms with van der Waals surface area (Å²) in [6.07, 6.45) is 2.06. The normalized spacial score (nSPS) is 12.4. The first kappa shape index (κ1) is 17.6. The van der Waals surface area contributed by atoms with Crippen molar-refractivity contribution in [2.24, 2.45) is 5.92 Å². The predicted octanol–water partition coefficient (Wildman–Crippen LogP) is 3.04. The lowest BCUT2D eigenvalue weighted by Crippen LogP contribution is -2.35. The Morgan fingerprint density at radius 2 is 1.91 bits per heavy atom. The molecular weight excluding hydrogens is 358 g/mol. The van der Waals surface area contributed by atoms with E-state index < -0.39 is 0 Å². The van der Waals surface area contributed by atoms with E-state index in [-0.39, 0.29) is 18.5 Å². The van der Waals surface area contributed by atoms with Gasteiger partial charge in [-0.25, -0.2) is 0 Å². The number of amides is 1. The summed E-state index contributed by atoms with van der Waals surface area (Å²) in [6.45, 7) is 6.45. The van der Waals surface area contributed by atoms with Crippen molar-refractivity contribution >= 4 is 21.8 Å². The molecule has 1 aromatic carbocycles. The second-order valence-electron chi connectivity index (χ2n) is 6.09. The SMILES string of the molecule is CC(C)CC[C@H](C)NC(=O)Cn1nnc(-c2ccc(Br)cc2)n1. The fourth-order valence-electron chi connectivity index (χ4n) is 2.13. The molecule has 0 bridgehead atoms. The Morgan fingerprint density at radius 3 is 2.57 bits per heavy atom. The van der Waals surface area contributed by atoms with Gasteiger partial charge in [0.1, 0.15) is 6.54 Å². The number of rotatable bonds is 7. The summed E-state index contributed by atoms with van der Waals surface area (Å²) in [4.78, 5) is 13.3. The van der Waals surface area contributed by atoms with E-state index in [1.165, 1.54) is 4.80 Å². The number of halogens is 1. The maximum atomic E-state index is 12.0. The number of hydrogen-bond acceptors (Lipinski definition) is 4. The van der Waals surface area contributed by atoms with E-state index in [0.29, 0.717) is 11.7 Å². The highest BCUT2D eigenvalue weighted by Gasteiger charge is 2.12. The monoisotopic (exact) mass is 379 g/mol. The van der Waals surface area contributed by atoms with Gasteiger partial charge in [-0.05, 0) is 55.2 Å². The number of benzene rings is 1. The van der Waals surface area contributed by atoms with Gasteiger partial charge in [-0.2, -0.15) is 4.80 Å². The van der Waals surface area contributed by atoms with E-state index in [1.54, 1.807) is 0 Å². The van der Waals surface area contributed by atoms with Gasteiger partial charge >= 0.3 is 0 Å². The zero-order valence-corrected chi connectivity index (χ0v) is 15.2. The van der Waals surface area contributed by atoms with E-state index in [1.807, 2.05) is 31.2 Å². The van der Waals surface area contributed by atoms with Crippen LogP contribution in [0.2, 0.25) is 0 Å². The van der Waals surface area contributed by atoms with E-state index in [9.17, 15) is 4.79 Å². The molecule has 1 amide bonds. The third-order valence-electron chi connectivity index (χ3n) is 3.42. The molecule has 0 fully saturated rings. The van der Waals surface area contributed by atoms with Gasteiger partial charge in [0.2, 0.25) is 11.7 Å². The maximum Gasteiger partial charge on any atom is 0.243 e. The quantitative estimate of drug-likeness (QED) is 0.802. The molecule has 1 N–H and O–H groups in total. The summed E-state index contributed by atoms with van der Waals surface area (Å²) in [6, 6.07) is 7.79. The standard InChI is InChI=1S/C16H22BrN5O/c1-11(2)4-5-12(3)18-15(23)10-22-20-16(19-21-22)13-6-8-14(17)9-7-13/h6-9,11-12H,4-5,10H2,1-3H3,(H,18,23)/t12-/m0/s1. The number of tetrazole rings is 1. The summed E-state index contributed by atoms with van der Waals surface area (Å²) in [7, 11) is 0. The molecule has 2 rings (SSSR count). The molecule has 124 valence electrons. The van der Waals surface area contributed by atoms with Gasteiger partial charge in [0, 0.05) is 16.1 Å². The fraction of sp³-hybridized carbons (Fsp3) is 0.500. The molecule has 0 aliphatic heterocycles. The summed E-state index contributed by atoms with van der Waals surface area (Å²) in [5.41, 5.74) is 0.866. The Hall–Kier alpha value is -1.76. The second-order valence-corrected chi connectivity index (χ2v) is 7.01. The molecule has 0 saturated heterocycles. The third-order valence-corrected chi connectivity index (χ3v) is 3.95. The molecule has 1 heterocycles. The molecule has 7 heteroatoms. The molecule has 1 aromatic heterocycles. The maximum absolute atomic E-state index is 12.0. The summed E-state index contributed by atoms with van der Waals surface area (Å²) >= 11 is 3.39. The molecule has 0 spiro atoms. The van der Waals surface area contributed by atoms with Crippen molar-refractivity contribution in [1.29, 1.82) is 0 Å². The molecule has 0 aliphatic carbocycles. The molecule has 2 aromatic rings. The molecule has 6 nitrogen and oxygen atoms in total. The third kappa shape index (κ3) is 5.74. The van der Waals surface area contributed by atoms with Crippen LogP contribution in [-0.4, -0.2) is 32.2 Å². The Morgan fingerprint density at radius 1 is 1.22 bits per heavy atom. The molecule has 1 atom stereocenters. The van der Waals surface area contributed by atoms with Crippen LogP contribution in [0.15, 0.2) is 28.7 Å². The van der Waals surface area contributed by atoms with E-state index in [0.717, 1.165) is 22.9 Å². The number of carbonyl (C=O) groups is 1. The largest absolute Gasteiger partial charge is 0.352 e. The van der Waals surface area contributed by atoms with Crippen LogP contribution in [0.5, 0.6) is 0 Å². The van der Waals surface area contributed by atoms with Crippen LogP contribution in [0.4, 0.5) is 0 Å². The molecule has 0 unspecified atom stereocenters. The molecule has 0 aliphatic rings.